The molecule has 1 aromatic carbocycles. The van der Waals surface area contributed by atoms with Gasteiger partial charge in [-0.05, 0) is 31.5 Å². The Labute approximate surface area is 97.9 Å². The lowest BCUT2D eigenvalue weighted by Crippen LogP contribution is -2.30. The lowest BCUT2D eigenvalue weighted by atomic mass is 10.2. The van der Waals surface area contributed by atoms with Gasteiger partial charge in [0, 0.05) is 25.7 Å². The first-order valence-corrected chi connectivity index (χ1v) is 6.18. The van der Waals surface area contributed by atoms with Crippen molar-refractivity contribution in [3.8, 4) is 0 Å². The van der Waals surface area contributed by atoms with Gasteiger partial charge in [-0.2, -0.15) is 0 Å². The molecule has 1 saturated carbocycles. The number of benzene rings is 1. The van der Waals surface area contributed by atoms with E-state index in [0.29, 0.717) is 0 Å². The van der Waals surface area contributed by atoms with Gasteiger partial charge < -0.3 is 4.90 Å². The molecule has 1 aliphatic heterocycles. The highest BCUT2D eigenvalue weighted by Gasteiger charge is 2.56. The summed E-state index contributed by atoms with van der Waals surface area (Å²) in [5.41, 5.74) is 1.45. The fraction of sp³-hybridized carbons (Fsp3) is 0.571. The van der Waals surface area contributed by atoms with E-state index in [1.165, 1.54) is 18.7 Å². The maximum absolute atomic E-state index is 2.60. The fourth-order valence-corrected chi connectivity index (χ4v) is 3.32. The number of hydrogen-bond donors (Lipinski definition) is 0. The molecule has 1 aromatic rings. The molecule has 1 aliphatic carbocycles. The molecule has 1 heterocycles. The minimum atomic E-state index is 0.868. The minimum Gasteiger partial charge on any atom is -0.306 e. The molecule has 3 atom stereocenters. The molecule has 2 heteroatoms. The summed E-state index contributed by atoms with van der Waals surface area (Å²) in [5.74, 6) is 1.89. The van der Waals surface area contributed by atoms with Crippen LogP contribution in [0.15, 0.2) is 30.3 Å². The minimum absolute atomic E-state index is 0.868. The third-order valence-corrected chi connectivity index (χ3v) is 4.07. The van der Waals surface area contributed by atoms with Crippen LogP contribution in [0.4, 0.5) is 0 Å². The van der Waals surface area contributed by atoms with Crippen molar-refractivity contribution in [1.29, 1.82) is 0 Å². The Kier molecular flexibility index (Phi) is 2.49. The number of rotatable bonds is 3. The third kappa shape index (κ3) is 1.76. The lowest BCUT2D eigenvalue weighted by Gasteiger charge is -2.21. The van der Waals surface area contributed by atoms with Gasteiger partial charge in [0.25, 0.3) is 0 Å². The van der Waals surface area contributed by atoms with E-state index in [0.717, 1.165) is 24.4 Å². The van der Waals surface area contributed by atoms with Crippen molar-refractivity contribution < 1.29 is 0 Å². The van der Waals surface area contributed by atoms with Crippen LogP contribution >= 0.6 is 0 Å². The van der Waals surface area contributed by atoms with Gasteiger partial charge in [0.2, 0.25) is 0 Å². The second kappa shape index (κ2) is 3.86. The second-order valence-corrected chi connectivity index (χ2v) is 5.46. The zero-order chi connectivity index (χ0) is 11.1. The highest BCUT2D eigenvalue weighted by molar-refractivity contribution is 5.16. The Morgan fingerprint density at radius 1 is 1.12 bits per heavy atom. The molecule has 0 amide bonds. The quantitative estimate of drug-likeness (QED) is 0.758. The van der Waals surface area contributed by atoms with Crippen molar-refractivity contribution >= 4 is 0 Å². The zero-order valence-electron chi connectivity index (χ0n) is 10.1. The summed E-state index contributed by atoms with van der Waals surface area (Å²) in [6, 6.07) is 11.7. The van der Waals surface area contributed by atoms with Crippen LogP contribution in [0.1, 0.15) is 5.56 Å². The summed E-state index contributed by atoms with van der Waals surface area (Å²) in [7, 11) is 4.43. The van der Waals surface area contributed by atoms with Crippen LogP contribution in [-0.2, 0) is 6.54 Å². The smallest absolute Gasteiger partial charge is 0.0233 e. The Balaban J connectivity index is 1.55. The zero-order valence-corrected chi connectivity index (χ0v) is 10.1. The van der Waals surface area contributed by atoms with Crippen LogP contribution in [0.5, 0.6) is 0 Å². The van der Waals surface area contributed by atoms with E-state index < -0.39 is 0 Å². The van der Waals surface area contributed by atoms with Gasteiger partial charge >= 0.3 is 0 Å². The molecule has 3 rings (SSSR count). The van der Waals surface area contributed by atoms with Crippen molar-refractivity contribution in [1.82, 2.24) is 9.80 Å². The van der Waals surface area contributed by atoms with Gasteiger partial charge in [-0.1, -0.05) is 30.3 Å². The number of piperidine rings is 1. The molecule has 0 aromatic heterocycles. The van der Waals surface area contributed by atoms with Crippen molar-refractivity contribution in [3.05, 3.63) is 35.9 Å². The number of nitrogens with zero attached hydrogens (tertiary/aromatic N) is 2. The third-order valence-electron chi connectivity index (χ3n) is 4.07. The first kappa shape index (κ1) is 10.3. The number of fused-ring (bicyclic) bond motifs is 1. The molecular formula is C14H20N2. The highest BCUT2D eigenvalue weighted by atomic mass is 15.3. The van der Waals surface area contributed by atoms with Crippen molar-refractivity contribution in [3.63, 3.8) is 0 Å². The van der Waals surface area contributed by atoms with E-state index in [4.69, 9.17) is 0 Å². The first-order valence-electron chi connectivity index (χ1n) is 6.18. The molecule has 86 valence electrons. The summed E-state index contributed by atoms with van der Waals surface area (Å²) in [5, 5.41) is 0. The fourth-order valence-electron chi connectivity index (χ4n) is 3.32. The lowest BCUT2D eigenvalue weighted by molar-refractivity contribution is 0.244. The van der Waals surface area contributed by atoms with Crippen molar-refractivity contribution in [2.75, 3.05) is 27.2 Å². The predicted octanol–water partition coefficient (Wildman–Crippen LogP) is 1.68. The van der Waals surface area contributed by atoms with E-state index >= 15 is 0 Å². The SMILES string of the molecule is CN(C)C1C2CN(Cc3ccccc3)C[C@H]21. The Morgan fingerprint density at radius 2 is 1.75 bits per heavy atom. The molecule has 0 spiro atoms. The van der Waals surface area contributed by atoms with Crippen molar-refractivity contribution in [2.45, 2.75) is 12.6 Å². The second-order valence-electron chi connectivity index (χ2n) is 5.46. The van der Waals surface area contributed by atoms with E-state index in [1.807, 2.05) is 0 Å². The van der Waals surface area contributed by atoms with E-state index in [2.05, 4.69) is 54.2 Å². The monoisotopic (exact) mass is 216 g/mol. The molecule has 0 radical (unpaired) electrons. The van der Waals surface area contributed by atoms with Gasteiger partial charge in [-0.3, -0.25) is 4.90 Å². The topological polar surface area (TPSA) is 6.48 Å². The van der Waals surface area contributed by atoms with Gasteiger partial charge in [0.05, 0.1) is 0 Å². The summed E-state index contributed by atoms with van der Waals surface area (Å²) in [6.07, 6.45) is 0. The maximum Gasteiger partial charge on any atom is 0.0233 e. The summed E-state index contributed by atoms with van der Waals surface area (Å²) >= 11 is 0. The number of hydrogen-bond acceptors (Lipinski definition) is 2. The van der Waals surface area contributed by atoms with Gasteiger partial charge in [0.15, 0.2) is 0 Å². The Morgan fingerprint density at radius 3 is 2.31 bits per heavy atom. The molecule has 16 heavy (non-hydrogen) atoms. The largest absolute Gasteiger partial charge is 0.306 e. The van der Waals surface area contributed by atoms with Crippen LogP contribution in [0.25, 0.3) is 0 Å². The average Bonchev–Trinajstić information content (AvgIpc) is 2.79. The number of likely N-dealkylation sites (tertiary alicyclic amines) is 1. The standard InChI is InChI=1S/C14H20N2/c1-15(2)14-12-9-16(10-13(12)14)8-11-6-4-3-5-7-11/h3-7,12-14H,8-10H2,1-2H3/t12-,13?,14?/m1/s1. The Hall–Kier alpha value is -0.860. The van der Waals surface area contributed by atoms with Crippen LogP contribution in [0.3, 0.4) is 0 Å². The molecule has 0 bridgehead atoms. The van der Waals surface area contributed by atoms with Gasteiger partial charge in [0.1, 0.15) is 0 Å². The van der Waals surface area contributed by atoms with Gasteiger partial charge in [-0.25, -0.2) is 0 Å². The van der Waals surface area contributed by atoms with Gasteiger partial charge in [-0.15, -0.1) is 0 Å². The van der Waals surface area contributed by atoms with Crippen LogP contribution in [0.2, 0.25) is 0 Å². The highest BCUT2D eigenvalue weighted by Crippen LogP contribution is 2.48. The predicted molar refractivity (Wildman–Crippen MR) is 66.2 cm³/mol. The molecule has 1 saturated heterocycles. The van der Waals surface area contributed by atoms with Crippen LogP contribution in [-0.4, -0.2) is 43.0 Å². The normalized spacial score (nSPS) is 33.1. The molecule has 2 nitrogen and oxygen atoms in total. The molecule has 2 fully saturated rings. The first-order chi connectivity index (χ1) is 7.75. The van der Waals surface area contributed by atoms with Crippen LogP contribution in [0, 0.1) is 11.8 Å². The Bertz CT molecular complexity index is 348. The van der Waals surface area contributed by atoms with E-state index in [9.17, 15) is 0 Å². The molecule has 0 N–H and O–H groups in total. The summed E-state index contributed by atoms with van der Waals surface area (Å²) < 4.78 is 0. The molecule has 2 aliphatic rings. The summed E-state index contributed by atoms with van der Waals surface area (Å²) in [6.45, 7) is 3.72. The van der Waals surface area contributed by atoms with Crippen LogP contribution < -0.4 is 0 Å². The summed E-state index contributed by atoms with van der Waals surface area (Å²) in [4.78, 5) is 5.00. The van der Waals surface area contributed by atoms with Crippen molar-refractivity contribution in [2.24, 2.45) is 11.8 Å². The van der Waals surface area contributed by atoms with E-state index in [-0.39, 0.29) is 0 Å². The molecular weight excluding hydrogens is 196 g/mol. The maximum atomic E-state index is 2.60. The average molecular weight is 216 g/mol. The molecule has 2 unspecified atom stereocenters. The van der Waals surface area contributed by atoms with E-state index in [1.54, 1.807) is 0 Å².